The minimum atomic E-state index is -0.717. The van der Waals surface area contributed by atoms with Gasteiger partial charge in [-0.05, 0) is 30.7 Å². The first-order valence-corrected chi connectivity index (χ1v) is 7.42. The third-order valence-corrected chi connectivity index (χ3v) is 4.88. The number of aliphatic carboxylic acids is 1. The van der Waals surface area contributed by atoms with Crippen molar-refractivity contribution in [2.45, 2.75) is 52.6 Å². The summed E-state index contributed by atoms with van der Waals surface area (Å²) in [5.74, 6) is -0.452. The van der Waals surface area contributed by atoms with Gasteiger partial charge in [0.25, 0.3) is 0 Å². The van der Waals surface area contributed by atoms with Crippen molar-refractivity contribution in [3.05, 3.63) is 0 Å². The van der Waals surface area contributed by atoms with Gasteiger partial charge in [0, 0.05) is 12.1 Å². The Kier molecular flexibility index (Phi) is 4.21. The Balaban J connectivity index is 2.14. The van der Waals surface area contributed by atoms with Crippen LogP contribution in [-0.4, -0.2) is 47.8 Å². The number of carboxylic acid groups (broad SMARTS) is 1. The number of nitrogens with zero attached hydrogens (tertiary/aromatic N) is 1. The molecule has 0 bridgehead atoms. The smallest absolute Gasteiger partial charge is 0.310 e. The SMILES string of the molecule is CCN(C1CC(C)(C)CC1C)C1COCC1C(=O)O. The Morgan fingerprint density at radius 2 is 2.00 bits per heavy atom. The molecule has 4 nitrogen and oxygen atoms in total. The molecule has 1 heterocycles. The lowest BCUT2D eigenvalue weighted by molar-refractivity contribution is -0.143. The highest BCUT2D eigenvalue weighted by Crippen LogP contribution is 2.44. The average molecular weight is 269 g/mol. The second kappa shape index (κ2) is 5.41. The predicted octanol–water partition coefficient (Wildman–Crippen LogP) is 2.23. The van der Waals surface area contributed by atoms with Crippen LogP contribution in [0.1, 0.15) is 40.5 Å². The molecule has 0 radical (unpaired) electrons. The molecular formula is C15H27NO3. The van der Waals surface area contributed by atoms with E-state index in [1.165, 1.54) is 6.42 Å². The number of rotatable bonds is 4. The molecule has 1 saturated carbocycles. The fourth-order valence-corrected chi connectivity index (χ4v) is 4.12. The maximum Gasteiger partial charge on any atom is 0.310 e. The zero-order valence-corrected chi connectivity index (χ0v) is 12.6. The molecule has 0 aromatic carbocycles. The summed E-state index contributed by atoms with van der Waals surface area (Å²) in [4.78, 5) is 13.7. The third-order valence-electron chi connectivity index (χ3n) is 4.88. The van der Waals surface area contributed by atoms with Crippen LogP contribution in [0.2, 0.25) is 0 Å². The molecule has 4 heteroatoms. The molecule has 4 unspecified atom stereocenters. The average Bonchev–Trinajstić information content (AvgIpc) is 2.85. The number of hydrogen-bond donors (Lipinski definition) is 1. The van der Waals surface area contributed by atoms with E-state index in [4.69, 9.17) is 4.74 Å². The highest BCUT2D eigenvalue weighted by Gasteiger charge is 2.45. The van der Waals surface area contributed by atoms with E-state index in [-0.39, 0.29) is 12.0 Å². The summed E-state index contributed by atoms with van der Waals surface area (Å²) in [5, 5.41) is 9.33. The van der Waals surface area contributed by atoms with Crippen molar-refractivity contribution in [1.82, 2.24) is 4.90 Å². The topological polar surface area (TPSA) is 49.8 Å². The zero-order chi connectivity index (χ0) is 14.2. The van der Waals surface area contributed by atoms with E-state index in [0.29, 0.717) is 30.6 Å². The molecule has 1 saturated heterocycles. The van der Waals surface area contributed by atoms with Crippen molar-refractivity contribution < 1.29 is 14.6 Å². The quantitative estimate of drug-likeness (QED) is 0.850. The lowest BCUT2D eigenvalue weighted by atomic mass is 9.91. The molecule has 0 aromatic heterocycles. The summed E-state index contributed by atoms with van der Waals surface area (Å²) in [6.45, 7) is 10.9. The predicted molar refractivity (Wildman–Crippen MR) is 74.1 cm³/mol. The zero-order valence-electron chi connectivity index (χ0n) is 12.6. The first-order chi connectivity index (χ1) is 8.85. The first-order valence-electron chi connectivity index (χ1n) is 7.42. The van der Waals surface area contributed by atoms with E-state index >= 15 is 0 Å². The van der Waals surface area contributed by atoms with Crippen LogP contribution in [0.3, 0.4) is 0 Å². The van der Waals surface area contributed by atoms with E-state index < -0.39 is 5.97 Å². The van der Waals surface area contributed by atoms with Crippen molar-refractivity contribution in [3.8, 4) is 0 Å². The van der Waals surface area contributed by atoms with Crippen LogP contribution in [0.5, 0.6) is 0 Å². The molecule has 4 atom stereocenters. The van der Waals surface area contributed by atoms with E-state index in [1.807, 2.05) is 0 Å². The Bertz CT molecular complexity index is 342. The van der Waals surface area contributed by atoms with Gasteiger partial charge >= 0.3 is 5.97 Å². The summed E-state index contributed by atoms with van der Waals surface area (Å²) in [6, 6.07) is 0.539. The highest BCUT2D eigenvalue weighted by molar-refractivity contribution is 5.71. The van der Waals surface area contributed by atoms with Gasteiger partial charge in [0.15, 0.2) is 0 Å². The van der Waals surface area contributed by atoms with Crippen LogP contribution in [0.4, 0.5) is 0 Å². The summed E-state index contributed by atoms with van der Waals surface area (Å²) >= 11 is 0. The minimum absolute atomic E-state index is 0.0452. The second-order valence-corrected chi connectivity index (χ2v) is 7.00. The number of hydrogen-bond acceptors (Lipinski definition) is 3. The van der Waals surface area contributed by atoms with Gasteiger partial charge in [-0.1, -0.05) is 27.7 Å². The lowest BCUT2D eigenvalue weighted by Crippen LogP contribution is -2.49. The lowest BCUT2D eigenvalue weighted by Gasteiger charge is -2.37. The standard InChI is InChI=1S/C15H27NO3/c1-5-16(12-7-15(3,4)6-10(12)2)13-9-19-8-11(13)14(17)18/h10-13H,5-9H2,1-4H3,(H,17,18). The van der Waals surface area contributed by atoms with Gasteiger partial charge in [-0.25, -0.2) is 0 Å². The first kappa shape index (κ1) is 14.8. The summed E-state index contributed by atoms with van der Waals surface area (Å²) in [6.07, 6.45) is 2.38. The molecular weight excluding hydrogens is 242 g/mol. The van der Waals surface area contributed by atoms with Crippen LogP contribution < -0.4 is 0 Å². The highest BCUT2D eigenvalue weighted by atomic mass is 16.5. The molecule has 1 aliphatic carbocycles. The van der Waals surface area contributed by atoms with E-state index in [1.54, 1.807) is 0 Å². The number of carbonyl (C=O) groups is 1. The van der Waals surface area contributed by atoms with Crippen LogP contribution >= 0.6 is 0 Å². The summed E-state index contributed by atoms with van der Waals surface area (Å²) in [7, 11) is 0. The molecule has 19 heavy (non-hydrogen) atoms. The van der Waals surface area contributed by atoms with Gasteiger partial charge in [-0.3, -0.25) is 9.69 Å². The molecule has 1 N–H and O–H groups in total. The van der Waals surface area contributed by atoms with Gasteiger partial charge < -0.3 is 9.84 Å². The van der Waals surface area contributed by atoms with Crippen molar-refractivity contribution in [2.24, 2.45) is 17.3 Å². The number of likely N-dealkylation sites (N-methyl/N-ethyl adjacent to an activating group) is 1. The number of carboxylic acids is 1. The third kappa shape index (κ3) is 2.95. The molecule has 2 aliphatic rings. The van der Waals surface area contributed by atoms with Gasteiger partial charge in [0.2, 0.25) is 0 Å². The van der Waals surface area contributed by atoms with Crippen LogP contribution in [-0.2, 0) is 9.53 Å². The van der Waals surface area contributed by atoms with Gasteiger partial charge in [-0.15, -0.1) is 0 Å². The van der Waals surface area contributed by atoms with E-state index in [0.717, 1.165) is 13.0 Å². The Hall–Kier alpha value is -0.610. The fourth-order valence-electron chi connectivity index (χ4n) is 4.12. The molecule has 0 spiro atoms. The normalized spacial score (nSPS) is 37.9. The van der Waals surface area contributed by atoms with Crippen molar-refractivity contribution in [3.63, 3.8) is 0 Å². The van der Waals surface area contributed by atoms with Crippen molar-refractivity contribution >= 4 is 5.97 Å². The van der Waals surface area contributed by atoms with Crippen LogP contribution in [0, 0.1) is 17.3 Å². The molecule has 2 fully saturated rings. The second-order valence-electron chi connectivity index (χ2n) is 7.00. The van der Waals surface area contributed by atoms with Crippen molar-refractivity contribution in [1.29, 1.82) is 0 Å². The monoisotopic (exact) mass is 269 g/mol. The van der Waals surface area contributed by atoms with E-state index in [9.17, 15) is 9.90 Å². The van der Waals surface area contributed by atoms with Gasteiger partial charge in [-0.2, -0.15) is 0 Å². The molecule has 0 amide bonds. The minimum Gasteiger partial charge on any atom is -0.481 e. The van der Waals surface area contributed by atoms with Gasteiger partial charge in [0.1, 0.15) is 0 Å². The van der Waals surface area contributed by atoms with E-state index in [2.05, 4.69) is 32.6 Å². The Labute approximate surface area is 116 Å². The largest absolute Gasteiger partial charge is 0.481 e. The maximum absolute atomic E-state index is 11.3. The molecule has 2 rings (SSSR count). The molecule has 0 aromatic rings. The summed E-state index contributed by atoms with van der Waals surface area (Å²) < 4.78 is 5.44. The van der Waals surface area contributed by atoms with Gasteiger partial charge in [0.05, 0.1) is 19.1 Å². The van der Waals surface area contributed by atoms with Crippen LogP contribution in [0.25, 0.3) is 0 Å². The fraction of sp³-hybridized carbons (Fsp3) is 0.933. The Morgan fingerprint density at radius 1 is 1.32 bits per heavy atom. The molecule has 110 valence electrons. The summed E-state index contributed by atoms with van der Waals surface area (Å²) in [5.41, 5.74) is 0.371. The number of ether oxygens (including phenoxy) is 1. The maximum atomic E-state index is 11.3. The van der Waals surface area contributed by atoms with Crippen LogP contribution in [0.15, 0.2) is 0 Å². The van der Waals surface area contributed by atoms with Crippen molar-refractivity contribution in [2.75, 3.05) is 19.8 Å². The Morgan fingerprint density at radius 3 is 2.47 bits per heavy atom. The molecule has 1 aliphatic heterocycles.